The van der Waals surface area contributed by atoms with Crippen molar-refractivity contribution in [2.45, 2.75) is 25.9 Å². The van der Waals surface area contributed by atoms with Crippen LogP contribution in [-0.2, 0) is 16.8 Å². The van der Waals surface area contributed by atoms with Gasteiger partial charge in [0.05, 0.1) is 5.41 Å². The summed E-state index contributed by atoms with van der Waals surface area (Å²) in [6.45, 7) is 3.75. The summed E-state index contributed by atoms with van der Waals surface area (Å²) in [6.07, 6.45) is 0. The summed E-state index contributed by atoms with van der Waals surface area (Å²) in [6, 6.07) is 15.2. The molecule has 0 fully saturated rings. The molecule has 2 rings (SSSR count). The van der Waals surface area contributed by atoms with Gasteiger partial charge in [-0.1, -0.05) is 46.3 Å². The number of aliphatic carboxylic acids is 1. The molecule has 0 saturated carbocycles. The highest BCUT2D eigenvalue weighted by atomic mass is 79.9. The molecular weight excluding hydrogens is 332 g/mol. The molecule has 0 radical (unpaired) electrons. The van der Waals surface area contributed by atoms with Gasteiger partial charge in [-0.3, -0.25) is 4.79 Å². The lowest BCUT2D eigenvalue weighted by atomic mass is 9.84. The van der Waals surface area contributed by atoms with E-state index in [0.29, 0.717) is 17.9 Å². The normalized spacial score (nSPS) is 11.2. The lowest BCUT2D eigenvalue weighted by Gasteiger charge is -2.23. The van der Waals surface area contributed by atoms with E-state index in [0.717, 1.165) is 10.0 Å². The quantitative estimate of drug-likeness (QED) is 0.871. The molecule has 0 bridgehead atoms. The minimum Gasteiger partial charge on any atom is -0.489 e. The van der Waals surface area contributed by atoms with E-state index in [1.165, 1.54) is 0 Å². The molecule has 0 aliphatic heterocycles. The Morgan fingerprint density at radius 1 is 1.19 bits per heavy atom. The van der Waals surface area contributed by atoms with Crippen molar-refractivity contribution in [2.24, 2.45) is 0 Å². The number of carboxylic acids is 1. The third kappa shape index (κ3) is 3.64. The summed E-state index contributed by atoms with van der Waals surface area (Å²) in [7, 11) is 0. The number of ether oxygens (including phenoxy) is 1. The van der Waals surface area contributed by atoms with Crippen LogP contribution < -0.4 is 4.74 Å². The Morgan fingerprint density at radius 2 is 1.86 bits per heavy atom. The predicted octanol–water partition coefficient (Wildman–Crippen LogP) is 4.39. The minimum atomic E-state index is -1.02. The molecule has 110 valence electrons. The van der Waals surface area contributed by atoms with Gasteiger partial charge in [0.1, 0.15) is 12.4 Å². The van der Waals surface area contributed by atoms with Crippen LogP contribution in [0.2, 0.25) is 0 Å². The maximum absolute atomic E-state index is 11.5. The van der Waals surface area contributed by atoms with Crippen LogP contribution in [0.4, 0.5) is 0 Å². The topological polar surface area (TPSA) is 46.5 Å². The van der Waals surface area contributed by atoms with Crippen LogP contribution in [0.5, 0.6) is 5.75 Å². The number of carbonyl (C=O) groups is 1. The van der Waals surface area contributed by atoms with Crippen LogP contribution >= 0.6 is 15.9 Å². The van der Waals surface area contributed by atoms with Crippen LogP contribution in [0, 0.1) is 0 Å². The number of carboxylic acid groups (broad SMARTS) is 1. The van der Waals surface area contributed by atoms with Gasteiger partial charge in [0.25, 0.3) is 0 Å². The molecule has 2 aromatic rings. The van der Waals surface area contributed by atoms with E-state index in [4.69, 9.17) is 4.74 Å². The highest BCUT2D eigenvalue weighted by molar-refractivity contribution is 9.10. The summed E-state index contributed by atoms with van der Waals surface area (Å²) >= 11 is 3.39. The average molecular weight is 349 g/mol. The number of benzene rings is 2. The second-order valence-corrected chi connectivity index (χ2v) is 6.26. The van der Waals surface area contributed by atoms with Crippen molar-refractivity contribution in [1.82, 2.24) is 0 Å². The fourth-order valence-electron chi connectivity index (χ4n) is 1.97. The van der Waals surface area contributed by atoms with Gasteiger partial charge in [0.2, 0.25) is 0 Å². The highest BCUT2D eigenvalue weighted by Crippen LogP contribution is 2.34. The van der Waals surface area contributed by atoms with Crippen molar-refractivity contribution < 1.29 is 14.6 Å². The summed E-state index contributed by atoms with van der Waals surface area (Å²) < 4.78 is 6.66. The molecule has 0 amide bonds. The van der Waals surface area contributed by atoms with E-state index < -0.39 is 11.4 Å². The lowest BCUT2D eigenvalue weighted by molar-refractivity contribution is -0.142. The third-order valence-corrected chi connectivity index (χ3v) is 3.88. The highest BCUT2D eigenvalue weighted by Gasteiger charge is 2.32. The van der Waals surface area contributed by atoms with Gasteiger partial charge >= 0.3 is 5.97 Å². The first kappa shape index (κ1) is 15.6. The predicted molar refractivity (Wildman–Crippen MR) is 85.6 cm³/mol. The van der Waals surface area contributed by atoms with Crippen LogP contribution in [0.15, 0.2) is 53.0 Å². The minimum absolute atomic E-state index is 0.408. The van der Waals surface area contributed by atoms with Crippen molar-refractivity contribution in [3.8, 4) is 5.75 Å². The van der Waals surface area contributed by atoms with Gasteiger partial charge in [-0.2, -0.15) is 0 Å². The lowest BCUT2D eigenvalue weighted by Crippen LogP contribution is -2.29. The first-order chi connectivity index (χ1) is 9.91. The molecule has 2 aromatic carbocycles. The number of halogens is 1. The largest absolute Gasteiger partial charge is 0.489 e. The molecule has 4 heteroatoms. The fourth-order valence-corrected chi connectivity index (χ4v) is 2.33. The number of hydrogen-bond donors (Lipinski definition) is 1. The zero-order chi connectivity index (χ0) is 15.5. The second kappa shape index (κ2) is 6.31. The molecule has 0 aromatic heterocycles. The second-order valence-electron chi connectivity index (χ2n) is 5.34. The standard InChI is InChI=1S/C17H17BrO3/c1-17(2,16(19)20)14-10-13(18)8-9-15(14)21-11-12-6-4-3-5-7-12/h3-10H,11H2,1-2H3,(H,19,20). The van der Waals surface area contributed by atoms with E-state index in [-0.39, 0.29) is 0 Å². The Bertz CT molecular complexity index is 636. The zero-order valence-corrected chi connectivity index (χ0v) is 13.6. The van der Waals surface area contributed by atoms with Crippen molar-refractivity contribution in [2.75, 3.05) is 0 Å². The molecule has 0 heterocycles. The molecule has 0 aliphatic rings. The maximum atomic E-state index is 11.5. The molecule has 0 aliphatic carbocycles. The Labute approximate surface area is 132 Å². The summed E-state index contributed by atoms with van der Waals surface area (Å²) in [5, 5.41) is 9.42. The van der Waals surface area contributed by atoms with Crippen molar-refractivity contribution in [3.63, 3.8) is 0 Å². The first-order valence-electron chi connectivity index (χ1n) is 6.61. The molecule has 0 unspecified atom stereocenters. The SMILES string of the molecule is CC(C)(C(=O)O)c1cc(Br)ccc1OCc1ccccc1. The van der Waals surface area contributed by atoms with Gasteiger partial charge in [-0.25, -0.2) is 0 Å². The van der Waals surface area contributed by atoms with Gasteiger partial charge in [0.15, 0.2) is 0 Å². The van der Waals surface area contributed by atoms with Crippen LogP contribution in [0.1, 0.15) is 25.0 Å². The molecule has 21 heavy (non-hydrogen) atoms. The smallest absolute Gasteiger partial charge is 0.313 e. The maximum Gasteiger partial charge on any atom is 0.313 e. The zero-order valence-electron chi connectivity index (χ0n) is 12.0. The summed E-state index contributed by atoms with van der Waals surface area (Å²) in [5.74, 6) is -0.292. The van der Waals surface area contributed by atoms with E-state index in [2.05, 4.69) is 15.9 Å². The van der Waals surface area contributed by atoms with Crippen LogP contribution in [0.3, 0.4) is 0 Å². The summed E-state index contributed by atoms with van der Waals surface area (Å²) in [4.78, 5) is 11.5. The molecule has 3 nitrogen and oxygen atoms in total. The first-order valence-corrected chi connectivity index (χ1v) is 7.40. The Hall–Kier alpha value is -1.81. The Balaban J connectivity index is 2.29. The molecule has 0 saturated heterocycles. The number of hydrogen-bond acceptors (Lipinski definition) is 2. The van der Waals surface area contributed by atoms with Gasteiger partial charge in [0, 0.05) is 10.0 Å². The van der Waals surface area contributed by atoms with E-state index >= 15 is 0 Å². The van der Waals surface area contributed by atoms with Crippen molar-refractivity contribution >= 4 is 21.9 Å². The fraction of sp³-hybridized carbons (Fsp3) is 0.235. The van der Waals surface area contributed by atoms with Crippen LogP contribution in [-0.4, -0.2) is 11.1 Å². The van der Waals surface area contributed by atoms with Crippen molar-refractivity contribution in [1.29, 1.82) is 0 Å². The molecule has 0 atom stereocenters. The third-order valence-electron chi connectivity index (χ3n) is 3.39. The van der Waals surface area contributed by atoms with Gasteiger partial charge in [-0.05, 0) is 37.6 Å². The van der Waals surface area contributed by atoms with E-state index in [1.54, 1.807) is 26.0 Å². The summed E-state index contributed by atoms with van der Waals surface area (Å²) in [5.41, 5.74) is 0.676. The average Bonchev–Trinajstić information content (AvgIpc) is 2.46. The molecular formula is C17H17BrO3. The van der Waals surface area contributed by atoms with Crippen LogP contribution in [0.25, 0.3) is 0 Å². The van der Waals surface area contributed by atoms with Crippen molar-refractivity contribution in [3.05, 3.63) is 64.1 Å². The Kier molecular flexibility index (Phi) is 4.68. The van der Waals surface area contributed by atoms with Gasteiger partial charge in [-0.15, -0.1) is 0 Å². The molecule has 0 spiro atoms. The van der Waals surface area contributed by atoms with E-state index in [9.17, 15) is 9.90 Å². The number of rotatable bonds is 5. The Morgan fingerprint density at radius 3 is 2.48 bits per heavy atom. The monoisotopic (exact) mass is 348 g/mol. The molecule has 1 N–H and O–H groups in total. The van der Waals surface area contributed by atoms with E-state index in [1.807, 2.05) is 36.4 Å². The van der Waals surface area contributed by atoms with Gasteiger partial charge < -0.3 is 9.84 Å².